The monoisotopic (exact) mass is 406 g/mol. The van der Waals surface area contributed by atoms with Gasteiger partial charge in [-0.25, -0.2) is 14.4 Å². The maximum Gasteiger partial charge on any atom is 0.126 e. The predicted molar refractivity (Wildman–Crippen MR) is 91.8 cm³/mol. The molecule has 118 valence electrons. The third-order valence-corrected chi connectivity index (χ3v) is 3.50. The fourth-order valence-corrected chi connectivity index (χ4v) is 2.47. The highest BCUT2D eigenvalue weighted by Crippen LogP contribution is 2.18. The van der Waals surface area contributed by atoms with E-state index in [-0.39, 0.29) is 30.6 Å². The van der Waals surface area contributed by atoms with Crippen molar-refractivity contribution in [3.05, 3.63) is 64.9 Å². The average molecular weight is 408 g/mol. The van der Waals surface area contributed by atoms with Crippen LogP contribution in [0.15, 0.2) is 47.6 Å². The summed E-state index contributed by atoms with van der Waals surface area (Å²) in [6.45, 7) is 2.59. The van der Waals surface area contributed by atoms with E-state index in [9.17, 15) is 4.39 Å². The SMILES string of the molecule is Cc1nccn1Cc1cn(-c2cc(F)cc(Br)c2)cn1.Cl.Cl. The smallest absolute Gasteiger partial charge is 0.126 e. The van der Waals surface area contributed by atoms with Gasteiger partial charge >= 0.3 is 0 Å². The van der Waals surface area contributed by atoms with E-state index < -0.39 is 0 Å². The summed E-state index contributed by atoms with van der Waals surface area (Å²) in [6, 6.07) is 4.74. The minimum Gasteiger partial charge on any atom is -0.329 e. The first-order valence-electron chi connectivity index (χ1n) is 6.09. The Bertz CT molecular complexity index is 737. The molecule has 0 N–H and O–H groups in total. The minimum atomic E-state index is -0.282. The summed E-state index contributed by atoms with van der Waals surface area (Å²) in [4.78, 5) is 8.52. The molecule has 0 spiro atoms. The average Bonchev–Trinajstić information content (AvgIpc) is 2.99. The van der Waals surface area contributed by atoms with Crippen LogP contribution in [0, 0.1) is 12.7 Å². The Balaban J connectivity index is 0.00000121. The second-order valence-electron chi connectivity index (χ2n) is 4.50. The van der Waals surface area contributed by atoms with Gasteiger partial charge in [-0.05, 0) is 25.1 Å². The Labute approximate surface area is 148 Å². The summed E-state index contributed by atoms with van der Waals surface area (Å²) in [6.07, 6.45) is 7.24. The van der Waals surface area contributed by atoms with Crippen LogP contribution in [0.5, 0.6) is 0 Å². The van der Waals surface area contributed by atoms with Gasteiger partial charge in [-0.1, -0.05) is 15.9 Å². The molecular formula is C14H14BrCl2FN4. The molecule has 2 heterocycles. The van der Waals surface area contributed by atoms with Gasteiger partial charge in [-0.3, -0.25) is 0 Å². The maximum atomic E-state index is 13.4. The number of aromatic nitrogens is 4. The van der Waals surface area contributed by atoms with Gasteiger partial charge in [0, 0.05) is 23.1 Å². The molecule has 0 aliphatic rings. The molecule has 8 heteroatoms. The summed E-state index contributed by atoms with van der Waals surface area (Å²) in [5, 5.41) is 0. The largest absolute Gasteiger partial charge is 0.329 e. The van der Waals surface area contributed by atoms with E-state index in [1.165, 1.54) is 12.1 Å². The molecule has 0 aliphatic carbocycles. The van der Waals surface area contributed by atoms with Crippen molar-refractivity contribution in [3.63, 3.8) is 0 Å². The van der Waals surface area contributed by atoms with Crippen LogP contribution in [0.3, 0.4) is 0 Å². The van der Waals surface area contributed by atoms with E-state index in [0.29, 0.717) is 11.0 Å². The van der Waals surface area contributed by atoms with E-state index >= 15 is 0 Å². The molecule has 0 unspecified atom stereocenters. The first-order valence-corrected chi connectivity index (χ1v) is 6.88. The molecule has 0 saturated heterocycles. The van der Waals surface area contributed by atoms with Crippen LogP contribution >= 0.6 is 40.7 Å². The zero-order chi connectivity index (χ0) is 14.1. The first-order chi connectivity index (χ1) is 9.61. The van der Waals surface area contributed by atoms with E-state index in [4.69, 9.17) is 0 Å². The molecular weight excluding hydrogens is 394 g/mol. The number of halogens is 4. The summed E-state index contributed by atoms with van der Waals surface area (Å²) < 4.78 is 17.9. The van der Waals surface area contributed by atoms with Crippen molar-refractivity contribution in [2.75, 3.05) is 0 Å². The van der Waals surface area contributed by atoms with Crippen LogP contribution in [0.4, 0.5) is 4.39 Å². The van der Waals surface area contributed by atoms with Crippen LogP contribution < -0.4 is 0 Å². The topological polar surface area (TPSA) is 35.6 Å². The zero-order valence-corrected chi connectivity index (χ0v) is 14.8. The van der Waals surface area contributed by atoms with Gasteiger partial charge in [0.15, 0.2) is 0 Å². The van der Waals surface area contributed by atoms with Crippen molar-refractivity contribution < 1.29 is 4.39 Å². The predicted octanol–water partition coefficient (Wildman–Crippen LogP) is 4.17. The Kier molecular flexibility index (Phi) is 6.59. The number of benzene rings is 1. The van der Waals surface area contributed by atoms with Gasteiger partial charge in [0.1, 0.15) is 11.6 Å². The standard InChI is InChI=1S/C14H12BrFN4.2ClH/c1-10-17-2-3-19(10)7-13-8-20(9-18-13)14-5-11(15)4-12(16)6-14;;/h2-6,8-9H,7H2,1H3;2*1H. The molecule has 4 nitrogen and oxygen atoms in total. The van der Waals surface area contributed by atoms with Crippen molar-refractivity contribution in [3.8, 4) is 5.69 Å². The molecule has 0 saturated carbocycles. The fraction of sp³-hybridized carbons (Fsp3) is 0.143. The van der Waals surface area contributed by atoms with E-state index in [1.54, 1.807) is 17.1 Å². The zero-order valence-electron chi connectivity index (χ0n) is 11.6. The van der Waals surface area contributed by atoms with Gasteiger partial charge in [0.05, 0.1) is 24.3 Å². The van der Waals surface area contributed by atoms with Crippen LogP contribution in [0.1, 0.15) is 11.5 Å². The quantitative estimate of drug-likeness (QED) is 0.653. The van der Waals surface area contributed by atoms with Crippen LogP contribution in [0.25, 0.3) is 5.69 Å². The molecule has 0 radical (unpaired) electrons. The van der Waals surface area contributed by atoms with Gasteiger partial charge in [0.25, 0.3) is 0 Å². The molecule has 0 atom stereocenters. The van der Waals surface area contributed by atoms with Crippen LogP contribution in [-0.2, 0) is 6.54 Å². The van der Waals surface area contributed by atoms with Crippen molar-refractivity contribution in [2.45, 2.75) is 13.5 Å². The highest BCUT2D eigenvalue weighted by molar-refractivity contribution is 9.10. The first kappa shape index (κ1) is 18.7. The summed E-state index contributed by atoms with van der Waals surface area (Å²) in [7, 11) is 0. The lowest BCUT2D eigenvalue weighted by molar-refractivity contribution is 0.625. The van der Waals surface area contributed by atoms with E-state index in [2.05, 4.69) is 25.9 Å². The van der Waals surface area contributed by atoms with Crippen LogP contribution in [0.2, 0.25) is 0 Å². The molecule has 0 fully saturated rings. The highest BCUT2D eigenvalue weighted by Gasteiger charge is 2.05. The molecule has 0 amide bonds. The highest BCUT2D eigenvalue weighted by atomic mass is 79.9. The summed E-state index contributed by atoms with van der Waals surface area (Å²) in [5.74, 6) is 0.656. The molecule has 22 heavy (non-hydrogen) atoms. The van der Waals surface area contributed by atoms with E-state index in [0.717, 1.165) is 17.2 Å². The van der Waals surface area contributed by atoms with Gasteiger partial charge < -0.3 is 9.13 Å². The second-order valence-corrected chi connectivity index (χ2v) is 5.42. The summed E-state index contributed by atoms with van der Waals surface area (Å²) >= 11 is 3.29. The van der Waals surface area contributed by atoms with Crippen molar-refractivity contribution in [1.82, 2.24) is 19.1 Å². The lowest BCUT2D eigenvalue weighted by Crippen LogP contribution is -2.00. The number of hydrogen-bond donors (Lipinski definition) is 0. The Morgan fingerprint density at radius 2 is 1.95 bits per heavy atom. The Morgan fingerprint density at radius 1 is 1.18 bits per heavy atom. The molecule has 1 aromatic carbocycles. The fourth-order valence-electron chi connectivity index (χ4n) is 2.02. The molecule has 0 aliphatic heterocycles. The second kappa shape index (κ2) is 7.76. The van der Waals surface area contributed by atoms with Gasteiger partial charge in [-0.2, -0.15) is 0 Å². The van der Waals surface area contributed by atoms with Crippen molar-refractivity contribution >= 4 is 40.7 Å². The molecule has 3 aromatic rings. The van der Waals surface area contributed by atoms with Crippen LogP contribution in [-0.4, -0.2) is 19.1 Å². The lowest BCUT2D eigenvalue weighted by Gasteiger charge is -2.03. The summed E-state index contributed by atoms with van der Waals surface area (Å²) in [5.41, 5.74) is 1.63. The number of aryl methyl sites for hydroxylation is 1. The van der Waals surface area contributed by atoms with E-state index in [1.807, 2.05) is 30.0 Å². The van der Waals surface area contributed by atoms with Gasteiger partial charge in [0.2, 0.25) is 0 Å². The Morgan fingerprint density at radius 3 is 2.59 bits per heavy atom. The number of imidazole rings is 2. The number of rotatable bonds is 3. The molecule has 0 bridgehead atoms. The number of hydrogen-bond acceptors (Lipinski definition) is 2. The lowest BCUT2D eigenvalue weighted by atomic mass is 10.3. The number of nitrogens with zero attached hydrogens (tertiary/aromatic N) is 4. The minimum absolute atomic E-state index is 0. The third-order valence-electron chi connectivity index (χ3n) is 3.04. The van der Waals surface area contributed by atoms with Crippen molar-refractivity contribution in [1.29, 1.82) is 0 Å². The van der Waals surface area contributed by atoms with Crippen molar-refractivity contribution in [2.24, 2.45) is 0 Å². The normalized spacial score (nSPS) is 9.95. The maximum absolute atomic E-state index is 13.4. The molecule has 3 rings (SSSR count). The molecule has 2 aromatic heterocycles. The Hall–Kier alpha value is -1.37. The third kappa shape index (κ3) is 4.09. The van der Waals surface area contributed by atoms with Gasteiger partial charge in [-0.15, -0.1) is 24.8 Å².